The minimum atomic E-state index is -0.268. The fraction of sp³-hybridized carbons (Fsp3) is 0.545. The maximum absolute atomic E-state index is 13.7. The fourth-order valence-corrected chi connectivity index (χ4v) is 2.73. The summed E-state index contributed by atoms with van der Waals surface area (Å²) in [6, 6.07) is 1.46. The van der Waals surface area contributed by atoms with E-state index in [4.69, 9.17) is 4.74 Å². The van der Waals surface area contributed by atoms with Crippen LogP contribution in [-0.2, 0) is 4.74 Å². The summed E-state index contributed by atoms with van der Waals surface area (Å²) >= 11 is 3.21. The van der Waals surface area contributed by atoms with Crippen LogP contribution in [-0.4, -0.2) is 30.3 Å². The van der Waals surface area contributed by atoms with Gasteiger partial charge in [-0.15, -0.1) is 0 Å². The van der Waals surface area contributed by atoms with E-state index in [0.717, 1.165) is 25.9 Å². The van der Waals surface area contributed by atoms with Gasteiger partial charge < -0.3 is 9.64 Å². The molecular formula is C11H12BrFN2O. The van der Waals surface area contributed by atoms with Crippen molar-refractivity contribution in [2.24, 2.45) is 0 Å². The molecule has 0 saturated carbocycles. The number of nitrogens with zero attached hydrogens (tertiary/aromatic N) is 2. The van der Waals surface area contributed by atoms with Crippen molar-refractivity contribution in [1.29, 1.82) is 0 Å². The Morgan fingerprint density at radius 3 is 2.69 bits per heavy atom. The highest BCUT2D eigenvalue weighted by Crippen LogP contribution is 2.30. The topological polar surface area (TPSA) is 25.4 Å². The van der Waals surface area contributed by atoms with Gasteiger partial charge in [0.05, 0.1) is 12.2 Å². The molecule has 1 aromatic heterocycles. The summed E-state index contributed by atoms with van der Waals surface area (Å²) < 4.78 is 20.1. The second-order valence-corrected chi connectivity index (χ2v) is 5.24. The predicted molar refractivity (Wildman–Crippen MR) is 62.0 cm³/mol. The Labute approximate surface area is 102 Å². The molecule has 2 bridgehead atoms. The molecule has 5 heteroatoms. The van der Waals surface area contributed by atoms with Gasteiger partial charge in [0, 0.05) is 23.8 Å². The van der Waals surface area contributed by atoms with Gasteiger partial charge in [-0.3, -0.25) is 0 Å². The van der Waals surface area contributed by atoms with Crippen LogP contribution in [0.2, 0.25) is 0 Å². The Bertz CT molecular complexity index is 403. The van der Waals surface area contributed by atoms with Crippen LogP contribution in [0.1, 0.15) is 12.8 Å². The number of aromatic nitrogens is 1. The normalized spacial score (nSPS) is 28.5. The number of hydrogen-bond donors (Lipinski definition) is 0. The number of fused-ring (bicyclic) bond motifs is 2. The van der Waals surface area contributed by atoms with Crippen molar-refractivity contribution in [2.75, 3.05) is 18.0 Å². The maximum atomic E-state index is 13.7. The molecule has 3 heterocycles. The third kappa shape index (κ3) is 1.82. The van der Waals surface area contributed by atoms with Crippen LogP contribution in [0, 0.1) is 5.82 Å². The first-order valence-corrected chi connectivity index (χ1v) is 6.23. The zero-order valence-corrected chi connectivity index (χ0v) is 10.3. The summed E-state index contributed by atoms with van der Waals surface area (Å²) in [5.41, 5.74) is 0. The van der Waals surface area contributed by atoms with E-state index in [1.54, 1.807) is 6.20 Å². The molecule has 3 nitrogen and oxygen atoms in total. The van der Waals surface area contributed by atoms with Crippen molar-refractivity contribution in [3.63, 3.8) is 0 Å². The lowest BCUT2D eigenvalue weighted by Gasteiger charge is -2.33. The lowest BCUT2D eigenvalue weighted by Crippen LogP contribution is -2.43. The van der Waals surface area contributed by atoms with E-state index in [9.17, 15) is 4.39 Å². The quantitative estimate of drug-likeness (QED) is 0.793. The van der Waals surface area contributed by atoms with Crippen LogP contribution in [0.25, 0.3) is 0 Å². The van der Waals surface area contributed by atoms with E-state index < -0.39 is 0 Å². The van der Waals surface area contributed by atoms with Gasteiger partial charge >= 0.3 is 0 Å². The smallest absolute Gasteiger partial charge is 0.166 e. The van der Waals surface area contributed by atoms with E-state index in [-0.39, 0.29) is 18.0 Å². The summed E-state index contributed by atoms with van der Waals surface area (Å²) in [5, 5.41) is 0. The molecule has 2 aliphatic rings. The van der Waals surface area contributed by atoms with E-state index in [1.165, 1.54) is 6.07 Å². The molecule has 2 atom stereocenters. The molecule has 16 heavy (non-hydrogen) atoms. The number of pyridine rings is 1. The first-order valence-electron chi connectivity index (χ1n) is 5.44. The van der Waals surface area contributed by atoms with Gasteiger partial charge in [0.25, 0.3) is 0 Å². The predicted octanol–water partition coefficient (Wildman–Crippen LogP) is 2.35. The molecule has 2 fully saturated rings. The fourth-order valence-electron chi connectivity index (χ4n) is 2.43. The van der Waals surface area contributed by atoms with Crippen LogP contribution >= 0.6 is 15.9 Å². The molecule has 2 unspecified atom stereocenters. The minimum Gasteiger partial charge on any atom is -0.371 e. The Kier molecular flexibility index (Phi) is 2.59. The molecule has 2 aliphatic heterocycles. The van der Waals surface area contributed by atoms with Crippen molar-refractivity contribution < 1.29 is 9.13 Å². The van der Waals surface area contributed by atoms with Gasteiger partial charge in [-0.05, 0) is 34.8 Å². The Balaban J connectivity index is 1.87. The molecule has 2 saturated heterocycles. The highest BCUT2D eigenvalue weighted by molar-refractivity contribution is 9.10. The van der Waals surface area contributed by atoms with Crippen LogP contribution in [0.4, 0.5) is 10.2 Å². The van der Waals surface area contributed by atoms with Gasteiger partial charge in [-0.1, -0.05) is 0 Å². The van der Waals surface area contributed by atoms with E-state index >= 15 is 0 Å². The summed E-state index contributed by atoms with van der Waals surface area (Å²) in [6.45, 7) is 1.50. The summed E-state index contributed by atoms with van der Waals surface area (Å²) in [5.74, 6) is 0.180. The van der Waals surface area contributed by atoms with Gasteiger partial charge in [-0.25, -0.2) is 9.37 Å². The van der Waals surface area contributed by atoms with Gasteiger partial charge in [0.2, 0.25) is 0 Å². The number of halogens is 2. The largest absolute Gasteiger partial charge is 0.371 e. The summed E-state index contributed by atoms with van der Waals surface area (Å²) in [4.78, 5) is 6.14. The molecule has 3 rings (SSSR count). The average molecular weight is 287 g/mol. The third-order valence-corrected chi connectivity index (χ3v) is 3.57. The highest BCUT2D eigenvalue weighted by Gasteiger charge is 2.34. The monoisotopic (exact) mass is 286 g/mol. The number of morpholine rings is 1. The molecule has 0 spiro atoms. The zero-order chi connectivity index (χ0) is 11.1. The number of hydrogen-bond acceptors (Lipinski definition) is 3. The number of anilines is 1. The summed E-state index contributed by atoms with van der Waals surface area (Å²) in [6.07, 6.45) is 4.31. The lowest BCUT2D eigenvalue weighted by molar-refractivity contribution is 0.0300. The number of ether oxygens (including phenoxy) is 1. The molecule has 0 radical (unpaired) electrons. The first kappa shape index (κ1) is 10.5. The Hall–Kier alpha value is -0.680. The van der Waals surface area contributed by atoms with Gasteiger partial charge in [-0.2, -0.15) is 0 Å². The lowest BCUT2D eigenvalue weighted by atomic mass is 10.2. The standard InChI is InChI=1S/C11H12BrFN2O/c12-7-3-10(13)11(14-4-7)15-5-8-1-2-9(6-15)16-8/h3-4,8-9H,1-2,5-6H2. The Morgan fingerprint density at radius 1 is 1.38 bits per heavy atom. The maximum Gasteiger partial charge on any atom is 0.166 e. The van der Waals surface area contributed by atoms with Crippen molar-refractivity contribution in [1.82, 2.24) is 4.98 Å². The number of rotatable bonds is 1. The van der Waals surface area contributed by atoms with Crippen molar-refractivity contribution >= 4 is 21.7 Å². The molecule has 0 aliphatic carbocycles. The third-order valence-electron chi connectivity index (χ3n) is 3.13. The minimum absolute atomic E-state index is 0.253. The van der Waals surface area contributed by atoms with Gasteiger partial charge in [0.15, 0.2) is 11.6 Å². The molecule has 0 amide bonds. The molecule has 0 aromatic carbocycles. The summed E-state index contributed by atoms with van der Waals surface area (Å²) in [7, 11) is 0. The SMILES string of the molecule is Fc1cc(Br)cnc1N1CC2CCC(C1)O2. The molecular weight excluding hydrogens is 275 g/mol. The second-order valence-electron chi connectivity index (χ2n) is 4.32. The van der Waals surface area contributed by atoms with Gasteiger partial charge in [0.1, 0.15) is 0 Å². The van der Waals surface area contributed by atoms with E-state index in [0.29, 0.717) is 10.3 Å². The van der Waals surface area contributed by atoms with E-state index in [2.05, 4.69) is 20.9 Å². The van der Waals surface area contributed by atoms with E-state index in [1.807, 2.05) is 4.90 Å². The zero-order valence-electron chi connectivity index (χ0n) is 8.70. The molecule has 86 valence electrons. The molecule has 1 aromatic rings. The second kappa shape index (κ2) is 3.96. The van der Waals surface area contributed by atoms with Crippen LogP contribution in [0.3, 0.4) is 0 Å². The van der Waals surface area contributed by atoms with Crippen molar-refractivity contribution in [2.45, 2.75) is 25.0 Å². The van der Waals surface area contributed by atoms with Crippen LogP contribution < -0.4 is 4.90 Å². The van der Waals surface area contributed by atoms with Crippen molar-refractivity contribution in [3.05, 3.63) is 22.6 Å². The highest BCUT2D eigenvalue weighted by atomic mass is 79.9. The molecule has 0 N–H and O–H groups in total. The Morgan fingerprint density at radius 2 is 2.06 bits per heavy atom. The van der Waals surface area contributed by atoms with Crippen molar-refractivity contribution in [3.8, 4) is 0 Å². The first-order chi connectivity index (χ1) is 7.72. The van der Waals surface area contributed by atoms with Crippen LogP contribution in [0.15, 0.2) is 16.7 Å². The average Bonchev–Trinajstić information content (AvgIpc) is 2.58. The van der Waals surface area contributed by atoms with Crippen LogP contribution in [0.5, 0.6) is 0 Å².